The Labute approximate surface area is 192 Å². The topological polar surface area (TPSA) is 61.4 Å². The highest BCUT2D eigenvalue weighted by Crippen LogP contribution is 2.35. The molecule has 0 spiro atoms. The zero-order chi connectivity index (χ0) is 23.9. The van der Waals surface area contributed by atoms with Crippen LogP contribution in [0.4, 0.5) is 19.0 Å². The lowest BCUT2D eigenvalue weighted by Gasteiger charge is -2.43. The van der Waals surface area contributed by atoms with Gasteiger partial charge in [0.2, 0.25) is 5.91 Å². The van der Waals surface area contributed by atoms with Crippen LogP contribution in [0.1, 0.15) is 45.1 Å². The normalized spacial score (nSPS) is 26.6. The maximum atomic E-state index is 13.2. The second kappa shape index (κ2) is 9.08. The predicted octanol–water partition coefficient (Wildman–Crippen LogP) is 4.37. The third-order valence-corrected chi connectivity index (χ3v) is 7.22. The molecule has 2 heterocycles. The van der Waals surface area contributed by atoms with Crippen molar-refractivity contribution in [3.63, 3.8) is 0 Å². The number of carbonyl (C=O) groups is 1. The molecule has 1 saturated heterocycles. The van der Waals surface area contributed by atoms with E-state index in [0.29, 0.717) is 30.6 Å². The minimum atomic E-state index is -4.47. The van der Waals surface area contributed by atoms with E-state index < -0.39 is 17.8 Å². The van der Waals surface area contributed by atoms with Gasteiger partial charge in [-0.2, -0.15) is 13.2 Å². The Bertz CT molecular complexity index is 1010. The van der Waals surface area contributed by atoms with Gasteiger partial charge in [-0.05, 0) is 77.6 Å². The molecule has 179 valence electrons. The fourth-order valence-corrected chi connectivity index (χ4v) is 5.10. The van der Waals surface area contributed by atoms with Gasteiger partial charge in [0.1, 0.15) is 18.2 Å². The molecule has 1 aromatic carbocycles. The molecule has 9 heteroatoms. The molecule has 33 heavy (non-hydrogen) atoms. The number of carbonyl (C=O) groups excluding carboxylic acids is 1. The van der Waals surface area contributed by atoms with Gasteiger partial charge in [0.05, 0.1) is 11.1 Å². The largest absolute Gasteiger partial charge is 0.416 e. The fraction of sp³-hybridized carbons (Fsp3) is 0.583. The first-order valence-corrected chi connectivity index (χ1v) is 11.5. The van der Waals surface area contributed by atoms with Crippen LogP contribution in [0, 0.1) is 12.8 Å². The van der Waals surface area contributed by atoms with Crippen molar-refractivity contribution in [1.29, 1.82) is 0 Å². The summed E-state index contributed by atoms with van der Waals surface area (Å²) in [7, 11) is 2.14. The molecular weight excluding hydrogens is 431 g/mol. The standard InChI is InChI=1S/C24H31F3N5O/c1-14(2)31(4)17-6-8-21(15(3)11-17)32-10-9-20(23(32)33)30-22-18-12-16(24(25,26)27)5-7-19(18)28-13-29-22/h5,7,12-15,17,20-21H,3,6,8-11H2,1-2,4H3,(H,28,29,30)/t15-,17-,20?,21+/m1/s1. The zero-order valence-corrected chi connectivity index (χ0v) is 19.3. The van der Waals surface area contributed by atoms with Crippen molar-refractivity contribution >= 4 is 22.6 Å². The Morgan fingerprint density at radius 1 is 1.21 bits per heavy atom. The number of hydrogen-bond donors (Lipinski definition) is 1. The van der Waals surface area contributed by atoms with E-state index >= 15 is 0 Å². The molecule has 0 bridgehead atoms. The Morgan fingerprint density at radius 3 is 2.64 bits per heavy atom. The molecule has 1 amide bonds. The lowest BCUT2D eigenvalue weighted by molar-refractivity contribution is -0.137. The van der Waals surface area contributed by atoms with Crippen molar-refractivity contribution in [1.82, 2.24) is 19.8 Å². The van der Waals surface area contributed by atoms with Gasteiger partial charge in [-0.25, -0.2) is 9.97 Å². The summed E-state index contributed by atoms with van der Waals surface area (Å²) in [6, 6.07) is 3.84. The summed E-state index contributed by atoms with van der Waals surface area (Å²) < 4.78 is 39.6. The highest BCUT2D eigenvalue weighted by atomic mass is 19.4. The van der Waals surface area contributed by atoms with E-state index in [0.717, 1.165) is 31.4 Å². The third-order valence-electron chi connectivity index (χ3n) is 7.22. The SMILES string of the molecule is [CH2][C@@H]1C[C@H](N(C)C(C)C)CC[C@@H]1N1CCC(Nc2ncnc3ccc(C(F)(F)F)cc23)C1=O. The quantitative estimate of drug-likeness (QED) is 0.715. The molecular formula is C24H31F3N5O. The van der Waals surface area contributed by atoms with E-state index in [1.54, 1.807) is 0 Å². The second-order valence-corrected chi connectivity index (χ2v) is 9.52. The minimum Gasteiger partial charge on any atom is -0.358 e. The van der Waals surface area contributed by atoms with Gasteiger partial charge in [0.15, 0.2) is 0 Å². The first-order chi connectivity index (χ1) is 15.6. The maximum Gasteiger partial charge on any atom is 0.416 e. The highest BCUT2D eigenvalue weighted by molar-refractivity contribution is 5.93. The summed E-state index contributed by atoms with van der Waals surface area (Å²) in [6.07, 6.45) is 0.268. The third kappa shape index (κ3) is 4.78. The van der Waals surface area contributed by atoms with E-state index in [-0.39, 0.29) is 29.1 Å². The van der Waals surface area contributed by atoms with E-state index in [4.69, 9.17) is 0 Å². The van der Waals surface area contributed by atoms with Crippen molar-refractivity contribution < 1.29 is 18.0 Å². The minimum absolute atomic E-state index is 0.0388. The number of alkyl halides is 3. The lowest BCUT2D eigenvalue weighted by atomic mass is 9.81. The molecule has 1 radical (unpaired) electrons. The van der Waals surface area contributed by atoms with Gasteiger partial charge < -0.3 is 15.1 Å². The van der Waals surface area contributed by atoms with Crippen LogP contribution in [0.2, 0.25) is 0 Å². The first kappa shape index (κ1) is 23.7. The van der Waals surface area contributed by atoms with Crippen LogP contribution in [0.25, 0.3) is 10.9 Å². The van der Waals surface area contributed by atoms with Crippen molar-refractivity contribution in [2.45, 2.75) is 69.9 Å². The van der Waals surface area contributed by atoms with Crippen LogP contribution >= 0.6 is 0 Å². The van der Waals surface area contributed by atoms with Crippen LogP contribution in [0.15, 0.2) is 24.5 Å². The first-order valence-electron chi connectivity index (χ1n) is 11.5. The number of likely N-dealkylation sites (tertiary alicyclic amines) is 1. The van der Waals surface area contributed by atoms with Crippen LogP contribution in [-0.2, 0) is 11.0 Å². The second-order valence-electron chi connectivity index (χ2n) is 9.52. The Hall–Kier alpha value is -2.42. The highest BCUT2D eigenvalue weighted by Gasteiger charge is 2.41. The van der Waals surface area contributed by atoms with Crippen LogP contribution in [-0.4, -0.2) is 63.4 Å². The van der Waals surface area contributed by atoms with Gasteiger partial charge in [-0.15, -0.1) is 0 Å². The molecule has 4 atom stereocenters. The number of benzene rings is 1. The Morgan fingerprint density at radius 2 is 1.97 bits per heavy atom. The average Bonchev–Trinajstić information content (AvgIpc) is 3.12. The summed E-state index contributed by atoms with van der Waals surface area (Å²) >= 11 is 0. The molecule has 2 fully saturated rings. The molecule has 2 aromatic rings. The van der Waals surface area contributed by atoms with Crippen molar-refractivity contribution in [2.75, 3.05) is 18.9 Å². The van der Waals surface area contributed by atoms with Crippen molar-refractivity contribution in [3.8, 4) is 0 Å². The molecule has 1 aliphatic heterocycles. The molecule has 4 rings (SSSR count). The number of hydrogen-bond acceptors (Lipinski definition) is 5. The number of nitrogens with zero attached hydrogens (tertiary/aromatic N) is 4. The van der Waals surface area contributed by atoms with Gasteiger partial charge in [0.25, 0.3) is 0 Å². The molecule has 1 N–H and O–H groups in total. The smallest absolute Gasteiger partial charge is 0.358 e. The van der Waals surface area contributed by atoms with Gasteiger partial charge in [-0.3, -0.25) is 4.79 Å². The molecule has 2 aliphatic rings. The average molecular weight is 463 g/mol. The number of fused-ring (bicyclic) bond motifs is 1. The van der Waals surface area contributed by atoms with E-state index in [1.165, 1.54) is 12.4 Å². The Kier molecular flexibility index (Phi) is 6.53. The van der Waals surface area contributed by atoms with Gasteiger partial charge in [0, 0.05) is 30.1 Å². The van der Waals surface area contributed by atoms with E-state index in [9.17, 15) is 18.0 Å². The number of rotatable bonds is 5. The number of amides is 1. The number of nitrogens with one attached hydrogen (secondary N) is 1. The summed E-state index contributed by atoms with van der Waals surface area (Å²) in [5, 5.41) is 3.36. The van der Waals surface area contributed by atoms with Crippen molar-refractivity contribution in [3.05, 3.63) is 37.0 Å². The summed E-state index contributed by atoms with van der Waals surface area (Å²) in [5.41, 5.74) is -0.372. The monoisotopic (exact) mass is 462 g/mol. The summed E-state index contributed by atoms with van der Waals surface area (Å²) in [5.74, 6) is 0.352. The molecule has 1 saturated carbocycles. The van der Waals surface area contributed by atoms with Crippen LogP contribution in [0.3, 0.4) is 0 Å². The van der Waals surface area contributed by atoms with Crippen LogP contribution < -0.4 is 5.32 Å². The Balaban J connectivity index is 1.48. The zero-order valence-electron chi connectivity index (χ0n) is 19.3. The number of aromatic nitrogens is 2. The maximum absolute atomic E-state index is 13.2. The van der Waals surface area contributed by atoms with E-state index in [2.05, 4.69) is 48.0 Å². The summed E-state index contributed by atoms with van der Waals surface area (Å²) in [6.45, 7) is 9.33. The predicted molar refractivity (Wildman–Crippen MR) is 121 cm³/mol. The van der Waals surface area contributed by atoms with Crippen molar-refractivity contribution in [2.24, 2.45) is 5.92 Å². The van der Waals surface area contributed by atoms with E-state index in [1.807, 2.05) is 4.90 Å². The number of halogens is 3. The molecule has 1 unspecified atom stereocenters. The summed E-state index contributed by atoms with van der Waals surface area (Å²) in [4.78, 5) is 25.7. The molecule has 1 aliphatic carbocycles. The molecule has 6 nitrogen and oxygen atoms in total. The van der Waals surface area contributed by atoms with Gasteiger partial charge >= 0.3 is 6.18 Å². The van der Waals surface area contributed by atoms with Crippen LogP contribution in [0.5, 0.6) is 0 Å². The van der Waals surface area contributed by atoms with Gasteiger partial charge in [-0.1, -0.05) is 0 Å². The number of anilines is 1. The molecule has 1 aromatic heterocycles. The lowest BCUT2D eigenvalue weighted by Crippen LogP contribution is -2.50. The fourth-order valence-electron chi connectivity index (χ4n) is 5.10.